The molecule has 0 radical (unpaired) electrons. The number of nitrogens with one attached hydrogen (secondary N) is 2. The van der Waals surface area contributed by atoms with Gasteiger partial charge in [0.25, 0.3) is 0 Å². The van der Waals surface area contributed by atoms with Gasteiger partial charge in [-0.3, -0.25) is 0 Å². The Labute approximate surface area is 141 Å². The molecule has 2 aliphatic rings. The Balaban J connectivity index is 1.30. The zero-order valence-corrected chi connectivity index (χ0v) is 14.5. The molecule has 0 aromatic carbocycles. The number of urea groups is 1. The number of rotatable bonds is 6. The average Bonchev–Trinajstić information content (AvgIpc) is 3.15. The fourth-order valence-corrected chi connectivity index (χ4v) is 4.69. The predicted octanol–water partition coefficient (Wildman–Crippen LogP) is 2.41. The molecule has 0 bridgehead atoms. The highest BCUT2D eigenvalue weighted by molar-refractivity contribution is 7.11. The molecule has 0 spiro atoms. The van der Waals surface area contributed by atoms with Crippen LogP contribution in [0.2, 0.25) is 0 Å². The van der Waals surface area contributed by atoms with Gasteiger partial charge in [0.15, 0.2) is 0 Å². The number of aliphatic hydroxyl groups excluding tert-OH is 1. The highest BCUT2D eigenvalue weighted by Crippen LogP contribution is 2.27. The minimum Gasteiger partial charge on any atom is -0.393 e. The van der Waals surface area contributed by atoms with Gasteiger partial charge < -0.3 is 15.7 Å². The molecule has 5 nitrogen and oxygen atoms in total. The van der Waals surface area contributed by atoms with Crippen molar-refractivity contribution in [1.29, 1.82) is 0 Å². The number of hydrogen-bond acceptors (Lipinski definition) is 4. The fourth-order valence-electron chi connectivity index (χ4n) is 3.50. The lowest BCUT2D eigenvalue weighted by Crippen LogP contribution is -2.40. The normalized spacial score (nSPS) is 23.5. The van der Waals surface area contributed by atoms with Crippen LogP contribution in [-0.4, -0.2) is 35.3 Å². The molecule has 2 amide bonds. The van der Waals surface area contributed by atoms with E-state index < -0.39 is 0 Å². The molecule has 2 unspecified atom stereocenters. The number of aromatic nitrogens is 1. The van der Waals surface area contributed by atoms with E-state index in [1.165, 1.54) is 34.8 Å². The van der Waals surface area contributed by atoms with Gasteiger partial charge in [0.05, 0.1) is 16.8 Å². The first-order valence-electron chi connectivity index (χ1n) is 8.89. The predicted molar refractivity (Wildman–Crippen MR) is 91.8 cm³/mol. The van der Waals surface area contributed by atoms with E-state index in [1.54, 1.807) is 0 Å². The minimum absolute atomic E-state index is 0.123. The molecule has 1 aromatic rings. The molecular weight excluding hydrogens is 310 g/mol. The highest BCUT2D eigenvalue weighted by Gasteiger charge is 2.25. The van der Waals surface area contributed by atoms with Crippen LogP contribution in [0.5, 0.6) is 0 Å². The largest absolute Gasteiger partial charge is 0.393 e. The molecule has 0 aliphatic heterocycles. The van der Waals surface area contributed by atoms with Gasteiger partial charge in [-0.05, 0) is 44.9 Å². The van der Waals surface area contributed by atoms with Crippen molar-refractivity contribution in [3.8, 4) is 0 Å². The number of thiazole rings is 1. The number of nitrogens with zero attached hydrogens (tertiary/aromatic N) is 1. The third-order valence-electron chi connectivity index (χ3n) is 4.89. The van der Waals surface area contributed by atoms with E-state index in [1.807, 2.05) is 11.3 Å². The molecule has 3 N–H and O–H groups in total. The van der Waals surface area contributed by atoms with Crippen molar-refractivity contribution in [3.63, 3.8) is 0 Å². The van der Waals surface area contributed by atoms with Crippen molar-refractivity contribution in [2.24, 2.45) is 5.92 Å². The number of carbonyl (C=O) groups excluding carboxylic acids is 1. The van der Waals surface area contributed by atoms with E-state index in [9.17, 15) is 9.90 Å². The molecule has 1 aromatic heterocycles. The first-order valence-corrected chi connectivity index (χ1v) is 9.71. The number of amides is 2. The molecule has 6 heteroatoms. The quantitative estimate of drug-likeness (QED) is 0.698. The monoisotopic (exact) mass is 337 g/mol. The standard InChI is InChI=1S/C17H27N3O2S/c21-14-7-3-5-12(14)11-19-17(22)18-10-4-9-16-20-13-6-1-2-8-15(13)23-16/h12,14,21H,1-11H2,(H2,18,19,22). The van der Waals surface area contributed by atoms with E-state index in [4.69, 9.17) is 4.98 Å². The van der Waals surface area contributed by atoms with Gasteiger partial charge in [0.2, 0.25) is 0 Å². The van der Waals surface area contributed by atoms with Crippen molar-refractivity contribution < 1.29 is 9.90 Å². The summed E-state index contributed by atoms with van der Waals surface area (Å²) < 4.78 is 0. The molecule has 1 heterocycles. The van der Waals surface area contributed by atoms with Crippen LogP contribution in [0, 0.1) is 5.92 Å². The van der Waals surface area contributed by atoms with Crippen LogP contribution in [0.3, 0.4) is 0 Å². The summed E-state index contributed by atoms with van der Waals surface area (Å²) in [5.74, 6) is 0.224. The maximum Gasteiger partial charge on any atom is 0.314 e. The second-order valence-electron chi connectivity index (χ2n) is 6.68. The Hall–Kier alpha value is -1.14. The smallest absolute Gasteiger partial charge is 0.314 e. The Morgan fingerprint density at radius 1 is 1.22 bits per heavy atom. The number of hydrogen-bond donors (Lipinski definition) is 3. The topological polar surface area (TPSA) is 74.2 Å². The van der Waals surface area contributed by atoms with E-state index in [0.717, 1.165) is 38.5 Å². The summed E-state index contributed by atoms with van der Waals surface area (Å²) in [6, 6.07) is -0.123. The summed E-state index contributed by atoms with van der Waals surface area (Å²) in [5, 5.41) is 16.7. The SMILES string of the molecule is O=C(NCCCc1nc2c(s1)CCCC2)NCC1CCCC1O. The first-order chi connectivity index (χ1) is 11.2. The van der Waals surface area contributed by atoms with E-state index in [0.29, 0.717) is 13.1 Å². The van der Waals surface area contributed by atoms with Crippen LogP contribution in [0.15, 0.2) is 0 Å². The lowest BCUT2D eigenvalue weighted by Gasteiger charge is -2.15. The zero-order valence-electron chi connectivity index (χ0n) is 13.6. The second-order valence-corrected chi connectivity index (χ2v) is 7.85. The van der Waals surface area contributed by atoms with Gasteiger partial charge >= 0.3 is 6.03 Å². The Morgan fingerprint density at radius 3 is 2.87 bits per heavy atom. The Bertz CT molecular complexity index is 508. The van der Waals surface area contributed by atoms with Crippen LogP contribution in [0.4, 0.5) is 4.79 Å². The molecule has 0 saturated heterocycles. The maximum absolute atomic E-state index is 11.8. The average molecular weight is 337 g/mol. The van der Waals surface area contributed by atoms with E-state index in [2.05, 4.69) is 10.6 Å². The minimum atomic E-state index is -0.244. The van der Waals surface area contributed by atoms with Crippen LogP contribution < -0.4 is 10.6 Å². The maximum atomic E-state index is 11.8. The zero-order chi connectivity index (χ0) is 16.1. The second kappa shape index (κ2) is 8.11. The van der Waals surface area contributed by atoms with Crippen molar-refractivity contribution >= 4 is 17.4 Å². The lowest BCUT2D eigenvalue weighted by molar-refractivity contribution is 0.132. The molecule has 2 aliphatic carbocycles. The van der Waals surface area contributed by atoms with Crippen LogP contribution in [0.1, 0.15) is 54.1 Å². The van der Waals surface area contributed by atoms with Crippen molar-refractivity contribution in [2.45, 2.75) is 63.9 Å². The van der Waals surface area contributed by atoms with Crippen LogP contribution in [-0.2, 0) is 19.3 Å². The molecule has 1 fully saturated rings. The lowest BCUT2D eigenvalue weighted by atomic mass is 10.0. The number of aryl methyl sites for hydroxylation is 3. The summed E-state index contributed by atoms with van der Waals surface area (Å²) in [5.41, 5.74) is 1.32. The summed E-state index contributed by atoms with van der Waals surface area (Å²) in [4.78, 5) is 18.0. The molecular formula is C17H27N3O2S. The van der Waals surface area contributed by atoms with Crippen molar-refractivity contribution in [3.05, 3.63) is 15.6 Å². The molecule has 1 saturated carbocycles. The third kappa shape index (κ3) is 4.67. The van der Waals surface area contributed by atoms with Gasteiger partial charge in [-0.15, -0.1) is 11.3 Å². The van der Waals surface area contributed by atoms with Crippen LogP contribution in [0.25, 0.3) is 0 Å². The van der Waals surface area contributed by atoms with Crippen molar-refractivity contribution in [2.75, 3.05) is 13.1 Å². The Kier molecular flexibility index (Phi) is 5.89. The molecule has 2 atom stereocenters. The van der Waals surface area contributed by atoms with E-state index in [-0.39, 0.29) is 18.1 Å². The number of carbonyl (C=O) groups is 1. The van der Waals surface area contributed by atoms with Gasteiger partial charge in [-0.1, -0.05) is 6.42 Å². The number of aliphatic hydroxyl groups is 1. The molecule has 3 rings (SSSR count). The van der Waals surface area contributed by atoms with Gasteiger partial charge in [-0.25, -0.2) is 9.78 Å². The summed E-state index contributed by atoms with van der Waals surface area (Å²) in [7, 11) is 0. The first kappa shape index (κ1) is 16.7. The van der Waals surface area contributed by atoms with E-state index >= 15 is 0 Å². The van der Waals surface area contributed by atoms with Gasteiger partial charge in [0, 0.05) is 30.3 Å². The van der Waals surface area contributed by atoms with Gasteiger partial charge in [0.1, 0.15) is 0 Å². The fraction of sp³-hybridized carbons (Fsp3) is 0.765. The number of fused-ring (bicyclic) bond motifs is 1. The summed E-state index contributed by atoms with van der Waals surface area (Å²) in [6.45, 7) is 1.25. The highest BCUT2D eigenvalue weighted by atomic mass is 32.1. The van der Waals surface area contributed by atoms with Crippen molar-refractivity contribution in [1.82, 2.24) is 15.6 Å². The van der Waals surface area contributed by atoms with Gasteiger partial charge in [-0.2, -0.15) is 0 Å². The van der Waals surface area contributed by atoms with Crippen LogP contribution >= 0.6 is 11.3 Å². The molecule has 128 valence electrons. The molecule has 23 heavy (non-hydrogen) atoms. The summed E-state index contributed by atoms with van der Waals surface area (Å²) in [6.07, 6.45) is 9.46. The Morgan fingerprint density at radius 2 is 2.09 bits per heavy atom. The summed E-state index contributed by atoms with van der Waals surface area (Å²) >= 11 is 1.85. The third-order valence-corrected chi connectivity index (χ3v) is 6.10.